The summed E-state index contributed by atoms with van der Waals surface area (Å²) in [5, 5.41) is 24.8. The highest BCUT2D eigenvalue weighted by Crippen LogP contribution is 2.30. The second kappa shape index (κ2) is 22.3. The number of rotatable bonds is 14. The van der Waals surface area contributed by atoms with Crippen LogP contribution < -0.4 is 10.1 Å². The van der Waals surface area contributed by atoms with Crippen LogP contribution in [0.2, 0.25) is 5.02 Å². The predicted molar refractivity (Wildman–Crippen MR) is 199 cm³/mol. The number of nitrogens with one attached hydrogen (secondary N) is 1. The lowest BCUT2D eigenvalue weighted by molar-refractivity contribution is 0.0522. The minimum Gasteiger partial charge on any atom is -0.490 e. The Balaban J connectivity index is 0.000000328. The third kappa shape index (κ3) is 13.5. The Labute approximate surface area is 297 Å². The van der Waals surface area contributed by atoms with Gasteiger partial charge in [0, 0.05) is 55.7 Å². The summed E-state index contributed by atoms with van der Waals surface area (Å²) < 4.78 is 11.1. The lowest BCUT2D eigenvalue weighted by Crippen LogP contribution is -2.48. The standard InChI is InChI=1S/C21H27ClN2O2.C16H21NO2.2ClH/c22-20-8-6-19(7-9-20)21(18-4-2-1-3-5-18)24-12-10-23(11-13-24)14-16-26-17-15-25;1-12(2)17-10-14(18)11-19-16-9-5-7-13-6-3-4-8-15(13)16;;/h1-9,21,25H,10-17H2;3-9,12,14,17-18H,10-11H2,1-2H3;2*1H. The minimum atomic E-state index is -0.499. The molecule has 10 heteroatoms. The Morgan fingerprint density at radius 3 is 2.11 bits per heavy atom. The molecule has 5 rings (SSSR count). The number of halogens is 3. The number of aliphatic hydroxyl groups excluding tert-OH is 2. The number of nitrogens with zero attached hydrogens (tertiary/aromatic N) is 2. The van der Waals surface area contributed by atoms with Crippen molar-refractivity contribution in [2.45, 2.75) is 32.0 Å². The number of benzene rings is 4. The van der Waals surface area contributed by atoms with Gasteiger partial charge >= 0.3 is 0 Å². The maximum atomic E-state index is 9.84. The molecule has 1 aliphatic rings. The average molecular weight is 707 g/mol. The van der Waals surface area contributed by atoms with Gasteiger partial charge in [-0.05, 0) is 34.7 Å². The van der Waals surface area contributed by atoms with Crippen LogP contribution in [-0.4, -0.2) is 97.9 Å². The SMILES string of the molecule is CC(C)NCC(O)COc1cccc2ccccc12.Cl.Cl.OCCOCCN1CCN(C(c2ccccc2)c2ccc(Cl)cc2)CC1. The molecule has 1 fully saturated rings. The minimum absolute atomic E-state index is 0. The van der Waals surface area contributed by atoms with Crippen molar-refractivity contribution in [1.29, 1.82) is 0 Å². The Hall–Kier alpha value is -2.43. The van der Waals surface area contributed by atoms with E-state index < -0.39 is 6.10 Å². The molecule has 1 saturated heterocycles. The van der Waals surface area contributed by atoms with Gasteiger partial charge in [0.05, 0.1) is 25.9 Å². The van der Waals surface area contributed by atoms with E-state index in [1.54, 1.807) is 0 Å². The Kier molecular flexibility index (Phi) is 19.3. The first-order valence-corrected chi connectivity index (χ1v) is 16.3. The van der Waals surface area contributed by atoms with Crippen LogP contribution in [0.4, 0.5) is 0 Å². The van der Waals surface area contributed by atoms with Crippen LogP contribution in [-0.2, 0) is 4.74 Å². The van der Waals surface area contributed by atoms with Crippen molar-refractivity contribution in [1.82, 2.24) is 15.1 Å². The number of fused-ring (bicyclic) bond motifs is 1. The fraction of sp³-hybridized carbons (Fsp3) is 0.405. The molecule has 0 spiro atoms. The van der Waals surface area contributed by atoms with E-state index in [1.165, 1.54) is 11.1 Å². The van der Waals surface area contributed by atoms with Crippen LogP contribution in [0.5, 0.6) is 5.75 Å². The van der Waals surface area contributed by atoms with Crippen LogP contribution in [0.3, 0.4) is 0 Å². The second-order valence-electron chi connectivity index (χ2n) is 11.6. The topological polar surface area (TPSA) is 77.4 Å². The maximum Gasteiger partial charge on any atom is 0.127 e. The maximum absolute atomic E-state index is 9.84. The molecule has 0 bridgehead atoms. The molecule has 2 atom stereocenters. The van der Waals surface area contributed by atoms with E-state index in [-0.39, 0.29) is 37.5 Å². The van der Waals surface area contributed by atoms with E-state index in [2.05, 4.69) is 83.6 Å². The molecule has 4 aromatic rings. The van der Waals surface area contributed by atoms with E-state index in [1.807, 2.05) is 42.5 Å². The van der Waals surface area contributed by atoms with Gasteiger partial charge in [-0.2, -0.15) is 0 Å². The molecule has 258 valence electrons. The molecule has 2 unspecified atom stereocenters. The fourth-order valence-electron chi connectivity index (χ4n) is 5.44. The highest BCUT2D eigenvalue weighted by Gasteiger charge is 2.26. The summed E-state index contributed by atoms with van der Waals surface area (Å²) in [6.07, 6.45) is -0.499. The van der Waals surface area contributed by atoms with Gasteiger partial charge in [-0.15, -0.1) is 24.8 Å². The Bertz CT molecular complexity index is 1390. The third-order valence-electron chi connectivity index (χ3n) is 7.80. The third-order valence-corrected chi connectivity index (χ3v) is 8.06. The largest absolute Gasteiger partial charge is 0.490 e. The van der Waals surface area contributed by atoms with Gasteiger partial charge < -0.3 is 25.0 Å². The van der Waals surface area contributed by atoms with Crippen molar-refractivity contribution < 1.29 is 19.7 Å². The van der Waals surface area contributed by atoms with E-state index in [0.717, 1.165) is 54.3 Å². The summed E-state index contributed by atoms with van der Waals surface area (Å²) in [5.74, 6) is 0.821. The fourth-order valence-corrected chi connectivity index (χ4v) is 5.56. The number of hydrogen-bond acceptors (Lipinski definition) is 7. The Morgan fingerprint density at radius 1 is 0.787 bits per heavy atom. The first-order chi connectivity index (χ1) is 21.9. The van der Waals surface area contributed by atoms with Crippen molar-refractivity contribution in [3.63, 3.8) is 0 Å². The zero-order chi connectivity index (χ0) is 31.9. The Morgan fingerprint density at radius 2 is 1.43 bits per heavy atom. The molecule has 1 aliphatic heterocycles. The van der Waals surface area contributed by atoms with E-state index in [0.29, 0.717) is 32.4 Å². The molecule has 47 heavy (non-hydrogen) atoms. The van der Waals surface area contributed by atoms with Gasteiger partial charge in [0.25, 0.3) is 0 Å². The highest BCUT2D eigenvalue weighted by atomic mass is 35.5. The van der Waals surface area contributed by atoms with Gasteiger partial charge in [0.1, 0.15) is 18.5 Å². The molecule has 0 aliphatic carbocycles. The number of ether oxygens (including phenoxy) is 2. The van der Waals surface area contributed by atoms with Crippen LogP contribution in [0.15, 0.2) is 97.1 Å². The molecule has 0 amide bonds. The summed E-state index contributed by atoms with van der Waals surface area (Å²) in [5.41, 5.74) is 2.59. The van der Waals surface area contributed by atoms with Crippen LogP contribution >= 0.6 is 36.4 Å². The van der Waals surface area contributed by atoms with E-state index >= 15 is 0 Å². The van der Waals surface area contributed by atoms with E-state index in [4.69, 9.17) is 26.2 Å². The lowest BCUT2D eigenvalue weighted by Gasteiger charge is -2.39. The summed E-state index contributed by atoms with van der Waals surface area (Å²) in [4.78, 5) is 4.97. The summed E-state index contributed by atoms with van der Waals surface area (Å²) in [6, 6.07) is 33.6. The number of hydrogen-bond donors (Lipinski definition) is 3. The molecule has 7 nitrogen and oxygen atoms in total. The smallest absolute Gasteiger partial charge is 0.127 e. The monoisotopic (exact) mass is 705 g/mol. The zero-order valence-electron chi connectivity index (χ0n) is 27.3. The quantitative estimate of drug-likeness (QED) is 0.130. The first-order valence-electron chi connectivity index (χ1n) is 15.9. The zero-order valence-corrected chi connectivity index (χ0v) is 29.7. The molecule has 4 aromatic carbocycles. The van der Waals surface area contributed by atoms with Crippen molar-refractivity contribution in [3.05, 3.63) is 113 Å². The van der Waals surface area contributed by atoms with Gasteiger partial charge in [-0.25, -0.2) is 0 Å². The van der Waals surface area contributed by atoms with E-state index in [9.17, 15) is 5.11 Å². The van der Waals surface area contributed by atoms with Gasteiger partial charge in [-0.1, -0.05) is 104 Å². The predicted octanol–water partition coefficient (Wildman–Crippen LogP) is 6.48. The van der Waals surface area contributed by atoms with Gasteiger partial charge in [0.2, 0.25) is 0 Å². The summed E-state index contributed by atoms with van der Waals surface area (Å²) in [6.45, 7) is 11.2. The molecule has 1 heterocycles. The summed E-state index contributed by atoms with van der Waals surface area (Å²) >= 11 is 6.09. The molecule has 3 N–H and O–H groups in total. The molecular formula is C37H50Cl3N3O4. The highest BCUT2D eigenvalue weighted by molar-refractivity contribution is 6.30. The van der Waals surface area contributed by atoms with Crippen LogP contribution in [0, 0.1) is 0 Å². The molecule has 0 radical (unpaired) electrons. The lowest BCUT2D eigenvalue weighted by atomic mass is 9.96. The van der Waals surface area contributed by atoms with Crippen molar-refractivity contribution in [2.75, 3.05) is 65.7 Å². The van der Waals surface area contributed by atoms with Crippen molar-refractivity contribution in [2.24, 2.45) is 0 Å². The van der Waals surface area contributed by atoms with Crippen LogP contribution in [0.25, 0.3) is 10.8 Å². The molecular weight excluding hydrogens is 657 g/mol. The van der Waals surface area contributed by atoms with Crippen LogP contribution in [0.1, 0.15) is 31.0 Å². The van der Waals surface area contributed by atoms with Crippen molar-refractivity contribution in [3.8, 4) is 5.75 Å². The molecule has 0 aromatic heterocycles. The summed E-state index contributed by atoms with van der Waals surface area (Å²) in [7, 11) is 0. The normalized spacial score (nSPS) is 14.8. The van der Waals surface area contributed by atoms with Gasteiger partial charge in [0.15, 0.2) is 0 Å². The second-order valence-corrected chi connectivity index (χ2v) is 12.0. The number of aliphatic hydroxyl groups is 2. The van der Waals surface area contributed by atoms with Crippen molar-refractivity contribution >= 4 is 47.2 Å². The molecule has 0 saturated carbocycles. The average Bonchev–Trinajstić information content (AvgIpc) is 3.07. The van der Waals surface area contributed by atoms with Gasteiger partial charge in [-0.3, -0.25) is 9.80 Å². The number of piperazine rings is 1. The first kappa shape index (κ1) is 40.7.